The first-order valence-electron chi connectivity index (χ1n) is 10.0. The molecule has 0 bridgehead atoms. The lowest BCUT2D eigenvalue weighted by Gasteiger charge is -2.39. The van der Waals surface area contributed by atoms with Gasteiger partial charge < -0.3 is 9.64 Å². The number of rotatable bonds is 5. The maximum atomic E-state index is 13.3. The maximum Gasteiger partial charge on any atom is 0.243 e. The molecule has 1 atom stereocenters. The summed E-state index contributed by atoms with van der Waals surface area (Å²) in [6, 6.07) is 11.9. The van der Waals surface area contributed by atoms with Crippen molar-refractivity contribution in [1.82, 2.24) is 14.3 Å². The number of nitrogens with zero attached hydrogens (tertiary/aromatic N) is 4. The van der Waals surface area contributed by atoms with E-state index in [4.69, 9.17) is 16.3 Å². The Balaban J connectivity index is 1.49. The molecule has 1 aliphatic heterocycles. The van der Waals surface area contributed by atoms with Crippen LogP contribution >= 0.6 is 11.6 Å². The van der Waals surface area contributed by atoms with Gasteiger partial charge in [-0.2, -0.15) is 4.31 Å². The summed E-state index contributed by atoms with van der Waals surface area (Å²) in [5.74, 6) is 1.13. The molecule has 1 aromatic heterocycles. The average Bonchev–Trinajstić information content (AvgIpc) is 2.76. The van der Waals surface area contributed by atoms with E-state index in [-0.39, 0.29) is 16.8 Å². The smallest absolute Gasteiger partial charge is 0.243 e. The minimum atomic E-state index is -3.63. The Morgan fingerprint density at radius 1 is 1.09 bits per heavy atom. The van der Waals surface area contributed by atoms with E-state index in [1.807, 2.05) is 11.8 Å². The van der Waals surface area contributed by atoms with Crippen LogP contribution in [0, 0.1) is 12.7 Å². The van der Waals surface area contributed by atoms with Crippen LogP contribution in [0.1, 0.15) is 12.5 Å². The first-order valence-corrected chi connectivity index (χ1v) is 11.8. The molecule has 1 fully saturated rings. The highest BCUT2D eigenvalue weighted by molar-refractivity contribution is 7.89. The Hall–Kier alpha value is -2.75. The fourth-order valence-electron chi connectivity index (χ4n) is 3.65. The van der Waals surface area contributed by atoms with E-state index in [1.54, 1.807) is 31.2 Å². The van der Waals surface area contributed by atoms with Gasteiger partial charge >= 0.3 is 0 Å². The molecule has 0 amide bonds. The van der Waals surface area contributed by atoms with Gasteiger partial charge in [0.25, 0.3) is 0 Å². The quantitative estimate of drug-likeness (QED) is 0.547. The second kappa shape index (κ2) is 9.01. The number of benzene rings is 2. The lowest BCUT2D eigenvalue weighted by molar-refractivity contribution is 0.305. The molecular formula is C22H22ClFN4O3S. The minimum Gasteiger partial charge on any atom is -0.439 e. The molecule has 10 heteroatoms. The molecule has 0 aliphatic carbocycles. The van der Waals surface area contributed by atoms with Crippen molar-refractivity contribution < 1.29 is 17.5 Å². The molecule has 4 rings (SSSR count). The van der Waals surface area contributed by atoms with E-state index in [0.717, 1.165) is 0 Å². The van der Waals surface area contributed by atoms with E-state index in [2.05, 4.69) is 9.97 Å². The number of hydrogen-bond donors (Lipinski definition) is 0. The van der Waals surface area contributed by atoms with Crippen LogP contribution in [0.15, 0.2) is 59.8 Å². The molecule has 32 heavy (non-hydrogen) atoms. The number of anilines is 1. The van der Waals surface area contributed by atoms with Gasteiger partial charge in [0.15, 0.2) is 0 Å². The zero-order valence-corrected chi connectivity index (χ0v) is 19.1. The predicted molar refractivity (Wildman–Crippen MR) is 120 cm³/mol. The third-order valence-corrected chi connectivity index (χ3v) is 7.57. The molecular weight excluding hydrogens is 455 g/mol. The summed E-state index contributed by atoms with van der Waals surface area (Å²) in [6.45, 7) is 4.84. The second-order valence-electron chi connectivity index (χ2n) is 7.59. The molecule has 2 heterocycles. The van der Waals surface area contributed by atoms with Gasteiger partial charge in [0.2, 0.25) is 15.9 Å². The Labute approximate surface area is 191 Å². The van der Waals surface area contributed by atoms with Crippen LogP contribution in [-0.4, -0.2) is 48.4 Å². The number of sulfonamides is 1. The van der Waals surface area contributed by atoms with E-state index in [1.165, 1.54) is 34.9 Å². The molecule has 0 radical (unpaired) electrons. The van der Waals surface area contributed by atoms with Gasteiger partial charge in [-0.05, 0) is 61.9 Å². The molecule has 3 aromatic rings. The number of aromatic nitrogens is 2. The topological polar surface area (TPSA) is 75.6 Å². The summed E-state index contributed by atoms with van der Waals surface area (Å²) in [4.78, 5) is 10.7. The van der Waals surface area contributed by atoms with Crippen LogP contribution in [0.5, 0.6) is 11.6 Å². The van der Waals surface area contributed by atoms with Crippen molar-refractivity contribution in [2.45, 2.75) is 24.8 Å². The number of halogens is 2. The molecule has 0 unspecified atom stereocenters. The average molecular weight is 477 g/mol. The third kappa shape index (κ3) is 4.69. The summed E-state index contributed by atoms with van der Waals surface area (Å²) in [6.07, 6.45) is 1.39. The highest BCUT2D eigenvalue weighted by Gasteiger charge is 2.34. The summed E-state index contributed by atoms with van der Waals surface area (Å²) in [7, 11) is -3.63. The lowest BCUT2D eigenvalue weighted by Crippen LogP contribution is -2.54. The van der Waals surface area contributed by atoms with E-state index in [9.17, 15) is 12.8 Å². The highest BCUT2D eigenvalue weighted by Crippen LogP contribution is 2.28. The summed E-state index contributed by atoms with van der Waals surface area (Å²) in [5.41, 5.74) is 0.653. The van der Waals surface area contributed by atoms with Crippen molar-refractivity contribution in [2.75, 3.05) is 24.5 Å². The molecule has 168 valence electrons. The molecule has 0 spiro atoms. The summed E-state index contributed by atoms with van der Waals surface area (Å²) in [5, 5.41) is 0.486. The van der Waals surface area contributed by atoms with Crippen LogP contribution in [-0.2, 0) is 10.0 Å². The molecule has 1 aliphatic rings. The number of ether oxygens (including phenoxy) is 1. The predicted octanol–water partition coefficient (Wildman–Crippen LogP) is 4.27. The van der Waals surface area contributed by atoms with Gasteiger partial charge in [-0.25, -0.2) is 22.8 Å². The zero-order chi connectivity index (χ0) is 22.9. The zero-order valence-electron chi connectivity index (χ0n) is 17.6. The first kappa shape index (κ1) is 22.4. The number of hydrogen-bond acceptors (Lipinski definition) is 6. The largest absolute Gasteiger partial charge is 0.439 e. The fraction of sp³-hybridized carbons (Fsp3) is 0.273. The van der Waals surface area contributed by atoms with Gasteiger partial charge in [-0.1, -0.05) is 11.6 Å². The van der Waals surface area contributed by atoms with Crippen molar-refractivity contribution in [3.05, 3.63) is 71.3 Å². The Kier molecular flexibility index (Phi) is 6.32. The summed E-state index contributed by atoms with van der Waals surface area (Å²) >= 11 is 5.89. The van der Waals surface area contributed by atoms with Crippen molar-refractivity contribution >= 4 is 27.4 Å². The summed E-state index contributed by atoms with van der Waals surface area (Å²) < 4.78 is 46.7. The Bertz CT molecular complexity index is 1220. The lowest BCUT2D eigenvalue weighted by atomic mass is 10.2. The molecule has 2 aromatic carbocycles. The third-order valence-electron chi connectivity index (χ3n) is 5.29. The second-order valence-corrected chi connectivity index (χ2v) is 9.92. The number of aryl methyl sites for hydroxylation is 1. The van der Waals surface area contributed by atoms with Gasteiger partial charge in [0.05, 0.1) is 4.90 Å². The number of piperazine rings is 1. The van der Waals surface area contributed by atoms with E-state index in [0.29, 0.717) is 47.7 Å². The monoisotopic (exact) mass is 476 g/mol. The fourth-order valence-corrected chi connectivity index (χ4v) is 5.39. The molecule has 7 nitrogen and oxygen atoms in total. The molecule has 0 saturated carbocycles. The van der Waals surface area contributed by atoms with Gasteiger partial charge in [0, 0.05) is 36.8 Å². The normalized spacial score (nSPS) is 17.4. The van der Waals surface area contributed by atoms with Gasteiger partial charge in [0.1, 0.15) is 23.7 Å². The van der Waals surface area contributed by atoms with Crippen LogP contribution in [0.3, 0.4) is 0 Å². The Morgan fingerprint density at radius 2 is 1.84 bits per heavy atom. The minimum absolute atomic E-state index is 0.217. The first-order chi connectivity index (χ1) is 15.2. The van der Waals surface area contributed by atoms with Crippen LogP contribution in [0.2, 0.25) is 5.02 Å². The Morgan fingerprint density at radius 3 is 2.53 bits per heavy atom. The molecule has 1 saturated heterocycles. The van der Waals surface area contributed by atoms with Crippen molar-refractivity contribution in [1.29, 1.82) is 0 Å². The van der Waals surface area contributed by atoms with Crippen LogP contribution in [0.4, 0.5) is 10.2 Å². The van der Waals surface area contributed by atoms with Crippen molar-refractivity contribution in [3.8, 4) is 11.6 Å². The van der Waals surface area contributed by atoms with Gasteiger partial charge in [-0.15, -0.1) is 0 Å². The van der Waals surface area contributed by atoms with Crippen LogP contribution < -0.4 is 9.64 Å². The van der Waals surface area contributed by atoms with E-state index < -0.39 is 10.0 Å². The van der Waals surface area contributed by atoms with Gasteiger partial charge in [-0.3, -0.25) is 0 Å². The van der Waals surface area contributed by atoms with Crippen molar-refractivity contribution in [2.24, 2.45) is 0 Å². The standard InChI is InChI=1S/C22H22ClFN4O3S/c1-15-11-18(24)5-8-20(15)31-22-12-21(25-14-26-22)27-9-10-28(16(2)13-27)32(29,30)19-6-3-17(23)4-7-19/h3-8,11-12,14,16H,9-10,13H2,1-2H3/t16-/m1/s1. The van der Waals surface area contributed by atoms with Crippen LogP contribution in [0.25, 0.3) is 0 Å². The highest BCUT2D eigenvalue weighted by atomic mass is 35.5. The van der Waals surface area contributed by atoms with Crippen molar-refractivity contribution in [3.63, 3.8) is 0 Å². The van der Waals surface area contributed by atoms with E-state index >= 15 is 0 Å². The maximum absolute atomic E-state index is 13.3. The molecule has 0 N–H and O–H groups in total. The SMILES string of the molecule is Cc1cc(F)ccc1Oc1cc(N2CCN(S(=O)(=O)c3ccc(Cl)cc3)[C@H](C)C2)ncn1.